The first-order valence-corrected chi connectivity index (χ1v) is 9.22. The van der Waals surface area contributed by atoms with Gasteiger partial charge in [-0.15, -0.1) is 24.0 Å². The second-order valence-corrected chi connectivity index (χ2v) is 6.52. The average Bonchev–Trinajstić information content (AvgIpc) is 2.90. The van der Waals surface area contributed by atoms with E-state index in [1.165, 1.54) is 6.07 Å². The van der Waals surface area contributed by atoms with Crippen molar-refractivity contribution in [1.29, 1.82) is 0 Å². The van der Waals surface area contributed by atoms with E-state index in [9.17, 15) is 4.39 Å². The van der Waals surface area contributed by atoms with Gasteiger partial charge in [-0.05, 0) is 38.5 Å². The van der Waals surface area contributed by atoms with Crippen LogP contribution in [0.3, 0.4) is 0 Å². The summed E-state index contributed by atoms with van der Waals surface area (Å²) in [5.41, 5.74) is 4.12. The molecule has 0 aliphatic rings. The lowest BCUT2D eigenvalue weighted by Crippen LogP contribution is -2.38. The van der Waals surface area contributed by atoms with Gasteiger partial charge in [0.1, 0.15) is 5.82 Å². The molecule has 1 aromatic carbocycles. The van der Waals surface area contributed by atoms with Crippen LogP contribution >= 0.6 is 24.0 Å². The van der Waals surface area contributed by atoms with Crippen LogP contribution in [0.15, 0.2) is 29.3 Å². The van der Waals surface area contributed by atoms with Gasteiger partial charge in [-0.3, -0.25) is 4.68 Å². The maximum absolute atomic E-state index is 13.4. The number of aliphatic imine (C=N–C) groups is 1. The summed E-state index contributed by atoms with van der Waals surface area (Å²) in [5, 5.41) is 7.89. The van der Waals surface area contributed by atoms with Crippen LogP contribution in [0, 0.1) is 19.7 Å². The third-order valence-corrected chi connectivity index (χ3v) is 4.43. The van der Waals surface area contributed by atoms with Gasteiger partial charge < -0.3 is 15.0 Å². The van der Waals surface area contributed by atoms with Crippen LogP contribution in [0.25, 0.3) is 0 Å². The fraction of sp³-hybridized carbons (Fsp3) is 0.500. The Morgan fingerprint density at radius 3 is 2.75 bits per heavy atom. The number of halogens is 2. The SMILES string of the molecule is CCNC(=NCc1c(C)nn(CCOC)c1C)N(C)Cc1cccc(F)c1.I. The van der Waals surface area contributed by atoms with Gasteiger partial charge in [0.2, 0.25) is 0 Å². The van der Waals surface area contributed by atoms with Gasteiger partial charge in [0.25, 0.3) is 0 Å². The summed E-state index contributed by atoms with van der Waals surface area (Å²) in [6.45, 7) is 9.34. The molecule has 8 heteroatoms. The Morgan fingerprint density at radius 2 is 2.11 bits per heavy atom. The Morgan fingerprint density at radius 1 is 1.36 bits per heavy atom. The van der Waals surface area contributed by atoms with Crippen molar-refractivity contribution in [3.63, 3.8) is 0 Å². The van der Waals surface area contributed by atoms with E-state index >= 15 is 0 Å². The second kappa shape index (κ2) is 12.0. The average molecular weight is 503 g/mol. The van der Waals surface area contributed by atoms with Gasteiger partial charge in [0.05, 0.1) is 25.4 Å². The quantitative estimate of drug-likeness (QED) is 0.341. The van der Waals surface area contributed by atoms with Gasteiger partial charge in [-0.1, -0.05) is 12.1 Å². The van der Waals surface area contributed by atoms with E-state index in [4.69, 9.17) is 9.73 Å². The Balaban J connectivity index is 0.00000392. The van der Waals surface area contributed by atoms with Crippen LogP contribution < -0.4 is 5.32 Å². The molecule has 0 spiro atoms. The summed E-state index contributed by atoms with van der Waals surface area (Å²) in [7, 11) is 3.64. The van der Waals surface area contributed by atoms with Gasteiger partial charge >= 0.3 is 0 Å². The number of nitrogens with zero attached hydrogens (tertiary/aromatic N) is 4. The standard InChI is InChI=1S/C20H30FN5O.HI/c1-6-22-20(25(4)14-17-8-7-9-18(21)12-17)23-13-19-15(2)24-26(16(19)3)10-11-27-5;/h7-9,12H,6,10-11,13-14H2,1-5H3,(H,22,23);1H. The van der Waals surface area contributed by atoms with E-state index in [-0.39, 0.29) is 29.8 Å². The second-order valence-electron chi connectivity index (χ2n) is 6.52. The number of benzene rings is 1. The molecule has 0 bridgehead atoms. The highest BCUT2D eigenvalue weighted by Gasteiger charge is 2.13. The van der Waals surface area contributed by atoms with E-state index in [0.29, 0.717) is 19.7 Å². The van der Waals surface area contributed by atoms with Crippen molar-refractivity contribution >= 4 is 29.9 Å². The number of guanidine groups is 1. The van der Waals surface area contributed by atoms with Gasteiger partial charge in [0, 0.05) is 38.5 Å². The smallest absolute Gasteiger partial charge is 0.194 e. The Kier molecular flexibility index (Phi) is 10.4. The number of methoxy groups -OCH3 is 1. The number of rotatable bonds is 8. The minimum absolute atomic E-state index is 0. The lowest BCUT2D eigenvalue weighted by Gasteiger charge is -2.22. The zero-order chi connectivity index (χ0) is 19.8. The first kappa shape index (κ1) is 24.4. The fourth-order valence-corrected chi connectivity index (χ4v) is 2.97. The molecule has 28 heavy (non-hydrogen) atoms. The number of aromatic nitrogens is 2. The highest BCUT2D eigenvalue weighted by molar-refractivity contribution is 14.0. The summed E-state index contributed by atoms with van der Waals surface area (Å²) >= 11 is 0. The van der Waals surface area contributed by atoms with Crippen molar-refractivity contribution in [1.82, 2.24) is 20.0 Å². The molecule has 0 fully saturated rings. The van der Waals surface area contributed by atoms with E-state index in [2.05, 4.69) is 17.3 Å². The largest absolute Gasteiger partial charge is 0.383 e. The Labute approximate surface area is 184 Å². The van der Waals surface area contributed by atoms with Crippen LogP contribution in [0.2, 0.25) is 0 Å². The van der Waals surface area contributed by atoms with Crippen LogP contribution in [-0.4, -0.2) is 47.9 Å². The van der Waals surface area contributed by atoms with E-state index in [1.807, 2.05) is 36.5 Å². The lowest BCUT2D eigenvalue weighted by molar-refractivity contribution is 0.182. The summed E-state index contributed by atoms with van der Waals surface area (Å²) in [4.78, 5) is 6.77. The molecule has 2 rings (SSSR count). The first-order chi connectivity index (χ1) is 13.0. The molecular formula is C20H31FIN5O. The molecule has 0 amide bonds. The number of nitrogens with one attached hydrogen (secondary N) is 1. The zero-order valence-electron chi connectivity index (χ0n) is 17.3. The molecule has 0 unspecified atom stereocenters. The number of hydrogen-bond acceptors (Lipinski definition) is 3. The van der Waals surface area contributed by atoms with E-state index in [1.54, 1.807) is 19.2 Å². The third-order valence-electron chi connectivity index (χ3n) is 4.43. The van der Waals surface area contributed by atoms with Crippen molar-refractivity contribution in [2.24, 2.45) is 4.99 Å². The van der Waals surface area contributed by atoms with Crippen molar-refractivity contribution in [2.45, 2.75) is 40.4 Å². The third kappa shape index (κ3) is 6.73. The molecular weight excluding hydrogens is 472 g/mol. The summed E-state index contributed by atoms with van der Waals surface area (Å²) < 4.78 is 20.5. The molecule has 1 aromatic heterocycles. The van der Waals surface area contributed by atoms with Crippen molar-refractivity contribution in [2.75, 3.05) is 27.3 Å². The molecule has 0 radical (unpaired) electrons. The molecule has 0 aliphatic carbocycles. The molecule has 1 N–H and O–H groups in total. The molecule has 1 heterocycles. The minimum atomic E-state index is -0.224. The zero-order valence-corrected chi connectivity index (χ0v) is 19.7. The monoisotopic (exact) mass is 503 g/mol. The minimum Gasteiger partial charge on any atom is -0.383 e. The topological polar surface area (TPSA) is 54.7 Å². The fourth-order valence-electron chi connectivity index (χ4n) is 2.97. The predicted octanol–water partition coefficient (Wildman–Crippen LogP) is 3.50. The highest BCUT2D eigenvalue weighted by Crippen LogP contribution is 2.15. The van der Waals surface area contributed by atoms with Crippen LogP contribution in [0.5, 0.6) is 0 Å². The predicted molar refractivity (Wildman–Crippen MR) is 122 cm³/mol. The normalized spacial score (nSPS) is 11.3. The van der Waals surface area contributed by atoms with Crippen molar-refractivity contribution in [3.8, 4) is 0 Å². The van der Waals surface area contributed by atoms with Crippen LogP contribution in [0.1, 0.15) is 29.4 Å². The van der Waals surface area contributed by atoms with Gasteiger partial charge in [-0.25, -0.2) is 9.38 Å². The Bertz CT molecular complexity index is 778. The number of aryl methyl sites for hydroxylation is 1. The van der Waals surface area contributed by atoms with Crippen molar-refractivity contribution < 1.29 is 9.13 Å². The summed E-state index contributed by atoms with van der Waals surface area (Å²) in [6, 6.07) is 6.64. The van der Waals surface area contributed by atoms with Crippen LogP contribution in [-0.2, 0) is 24.4 Å². The molecule has 0 saturated carbocycles. The Hall–Kier alpha value is -1.68. The van der Waals surface area contributed by atoms with E-state index < -0.39 is 0 Å². The molecule has 6 nitrogen and oxygen atoms in total. The van der Waals surface area contributed by atoms with Crippen molar-refractivity contribution in [3.05, 3.63) is 52.6 Å². The lowest BCUT2D eigenvalue weighted by atomic mass is 10.2. The molecule has 0 atom stereocenters. The maximum atomic E-state index is 13.4. The van der Waals surface area contributed by atoms with Gasteiger partial charge in [-0.2, -0.15) is 5.10 Å². The first-order valence-electron chi connectivity index (χ1n) is 9.22. The molecule has 2 aromatic rings. The maximum Gasteiger partial charge on any atom is 0.194 e. The molecule has 0 saturated heterocycles. The van der Waals surface area contributed by atoms with E-state index in [0.717, 1.165) is 41.6 Å². The molecule has 0 aliphatic heterocycles. The highest BCUT2D eigenvalue weighted by atomic mass is 127. The number of ether oxygens (including phenoxy) is 1. The van der Waals surface area contributed by atoms with Gasteiger partial charge in [0.15, 0.2) is 5.96 Å². The summed E-state index contributed by atoms with van der Waals surface area (Å²) in [5.74, 6) is 0.558. The number of hydrogen-bond donors (Lipinski definition) is 1. The van der Waals surface area contributed by atoms with Crippen LogP contribution in [0.4, 0.5) is 4.39 Å². The molecule has 156 valence electrons. The summed E-state index contributed by atoms with van der Waals surface area (Å²) in [6.07, 6.45) is 0.